The second-order valence-electron chi connectivity index (χ2n) is 3.75. The number of anilines is 1. The van der Waals surface area contributed by atoms with Crippen LogP contribution in [0.25, 0.3) is 5.65 Å². The van der Waals surface area contributed by atoms with Gasteiger partial charge < -0.3 is 4.90 Å². The van der Waals surface area contributed by atoms with Gasteiger partial charge in [-0.15, -0.1) is 5.10 Å². The molecule has 0 aliphatic carbocycles. The number of fused-ring (bicyclic) bond motifs is 1. The zero-order chi connectivity index (χ0) is 10.3. The van der Waals surface area contributed by atoms with Crippen molar-refractivity contribution >= 4 is 27.5 Å². The quantitative estimate of drug-likeness (QED) is 0.793. The summed E-state index contributed by atoms with van der Waals surface area (Å²) in [6, 6.07) is 3.95. The van der Waals surface area contributed by atoms with E-state index in [0.717, 1.165) is 29.2 Å². The lowest BCUT2D eigenvalue weighted by Crippen LogP contribution is -2.19. The maximum Gasteiger partial charge on any atom is 0.245 e. The van der Waals surface area contributed by atoms with Gasteiger partial charge in [-0.3, -0.25) is 0 Å². The molecule has 0 radical (unpaired) electrons. The molecule has 0 aromatic carbocycles. The van der Waals surface area contributed by atoms with E-state index < -0.39 is 0 Å². The number of aromatic nitrogens is 3. The summed E-state index contributed by atoms with van der Waals surface area (Å²) in [6.45, 7) is 2.16. The monoisotopic (exact) mass is 266 g/mol. The Hall–Kier alpha value is -1.10. The van der Waals surface area contributed by atoms with E-state index in [1.165, 1.54) is 12.8 Å². The highest BCUT2D eigenvalue weighted by molar-refractivity contribution is 9.10. The van der Waals surface area contributed by atoms with Gasteiger partial charge in [-0.2, -0.15) is 4.98 Å². The van der Waals surface area contributed by atoms with Crippen molar-refractivity contribution in [2.24, 2.45) is 0 Å². The molecular weight excluding hydrogens is 256 g/mol. The third-order valence-electron chi connectivity index (χ3n) is 2.68. The molecule has 15 heavy (non-hydrogen) atoms. The van der Waals surface area contributed by atoms with Gasteiger partial charge in [0.1, 0.15) is 0 Å². The van der Waals surface area contributed by atoms with Crippen molar-refractivity contribution in [3.8, 4) is 0 Å². The molecule has 0 atom stereocenters. The number of pyridine rings is 1. The van der Waals surface area contributed by atoms with E-state index in [-0.39, 0.29) is 0 Å². The molecule has 1 saturated heterocycles. The first-order valence-electron chi connectivity index (χ1n) is 5.10. The second kappa shape index (κ2) is 3.48. The van der Waals surface area contributed by atoms with E-state index in [4.69, 9.17) is 0 Å². The minimum absolute atomic E-state index is 0.852. The van der Waals surface area contributed by atoms with Crippen LogP contribution < -0.4 is 4.90 Å². The van der Waals surface area contributed by atoms with Gasteiger partial charge in [-0.25, -0.2) is 4.52 Å². The Labute approximate surface area is 96.0 Å². The largest absolute Gasteiger partial charge is 0.340 e. The van der Waals surface area contributed by atoms with Crippen molar-refractivity contribution in [1.82, 2.24) is 14.6 Å². The summed E-state index contributed by atoms with van der Waals surface area (Å²) < 4.78 is 2.86. The Morgan fingerprint density at radius 3 is 2.87 bits per heavy atom. The molecule has 0 saturated carbocycles. The number of hydrogen-bond donors (Lipinski definition) is 0. The first-order chi connectivity index (χ1) is 7.33. The van der Waals surface area contributed by atoms with Crippen LogP contribution in [0.3, 0.4) is 0 Å². The van der Waals surface area contributed by atoms with Gasteiger partial charge in [0.2, 0.25) is 5.95 Å². The molecule has 2 aromatic rings. The highest BCUT2D eigenvalue weighted by atomic mass is 79.9. The zero-order valence-corrected chi connectivity index (χ0v) is 9.81. The first-order valence-corrected chi connectivity index (χ1v) is 5.89. The summed E-state index contributed by atoms with van der Waals surface area (Å²) in [5, 5.41) is 4.45. The van der Waals surface area contributed by atoms with Crippen LogP contribution in [0.5, 0.6) is 0 Å². The second-order valence-corrected chi connectivity index (χ2v) is 4.67. The fraction of sp³-hybridized carbons (Fsp3) is 0.400. The molecule has 0 spiro atoms. The van der Waals surface area contributed by atoms with E-state index >= 15 is 0 Å². The minimum Gasteiger partial charge on any atom is -0.340 e. The molecule has 1 aliphatic rings. The zero-order valence-electron chi connectivity index (χ0n) is 8.23. The number of halogens is 1. The number of hydrogen-bond acceptors (Lipinski definition) is 3. The third-order valence-corrected chi connectivity index (χ3v) is 3.17. The topological polar surface area (TPSA) is 33.4 Å². The van der Waals surface area contributed by atoms with Crippen LogP contribution in [0.4, 0.5) is 5.95 Å². The lowest BCUT2D eigenvalue weighted by molar-refractivity contribution is 0.874. The SMILES string of the molecule is Brc1ccn2nc(N3CCCC3)nc2c1. The van der Waals surface area contributed by atoms with Crippen molar-refractivity contribution in [3.05, 3.63) is 22.8 Å². The van der Waals surface area contributed by atoms with Crippen LogP contribution in [0, 0.1) is 0 Å². The van der Waals surface area contributed by atoms with E-state index in [2.05, 4.69) is 30.9 Å². The average Bonchev–Trinajstić information content (AvgIpc) is 2.84. The Morgan fingerprint density at radius 1 is 1.27 bits per heavy atom. The van der Waals surface area contributed by atoms with Crippen molar-refractivity contribution in [2.75, 3.05) is 18.0 Å². The first kappa shape index (κ1) is 9.15. The molecule has 2 aromatic heterocycles. The molecular formula is C10H11BrN4. The van der Waals surface area contributed by atoms with Gasteiger partial charge in [0, 0.05) is 23.8 Å². The Morgan fingerprint density at radius 2 is 2.07 bits per heavy atom. The molecule has 78 valence electrons. The summed E-state index contributed by atoms with van der Waals surface area (Å²) in [5.74, 6) is 0.852. The molecule has 0 amide bonds. The number of rotatable bonds is 1. The van der Waals surface area contributed by atoms with Gasteiger partial charge in [-0.05, 0) is 25.0 Å². The standard InChI is InChI=1S/C10H11BrN4/c11-8-3-6-15-9(7-8)12-10(13-15)14-4-1-2-5-14/h3,6-7H,1-2,4-5H2. The molecule has 1 aliphatic heterocycles. The molecule has 0 bridgehead atoms. The Kier molecular flexibility index (Phi) is 2.12. The smallest absolute Gasteiger partial charge is 0.245 e. The molecule has 0 N–H and O–H groups in total. The molecule has 1 fully saturated rings. The predicted molar refractivity (Wildman–Crippen MR) is 62.1 cm³/mol. The maximum atomic E-state index is 4.50. The molecule has 0 unspecified atom stereocenters. The van der Waals surface area contributed by atoms with Crippen molar-refractivity contribution in [3.63, 3.8) is 0 Å². The lowest BCUT2D eigenvalue weighted by Gasteiger charge is -2.10. The van der Waals surface area contributed by atoms with Crippen LogP contribution in [-0.2, 0) is 0 Å². The normalized spacial score (nSPS) is 16.5. The Bertz CT molecular complexity index is 487. The van der Waals surface area contributed by atoms with E-state index in [1.54, 1.807) is 0 Å². The van der Waals surface area contributed by atoms with Crippen molar-refractivity contribution in [2.45, 2.75) is 12.8 Å². The van der Waals surface area contributed by atoms with E-state index in [0.29, 0.717) is 0 Å². The van der Waals surface area contributed by atoms with Crippen molar-refractivity contribution in [1.29, 1.82) is 0 Å². The summed E-state index contributed by atoms with van der Waals surface area (Å²) in [4.78, 5) is 6.74. The van der Waals surface area contributed by atoms with Gasteiger partial charge in [0.05, 0.1) is 0 Å². The molecule has 4 nitrogen and oxygen atoms in total. The van der Waals surface area contributed by atoms with Crippen LogP contribution in [-0.4, -0.2) is 27.7 Å². The van der Waals surface area contributed by atoms with Crippen LogP contribution >= 0.6 is 15.9 Å². The van der Waals surface area contributed by atoms with Gasteiger partial charge >= 0.3 is 0 Å². The van der Waals surface area contributed by atoms with Crippen LogP contribution in [0.1, 0.15) is 12.8 Å². The highest BCUT2D eigenvalue weighted by Crippen LogP contribution is 2.18. The average molecular weight is 267 g/mol. The third kappa shape index (κ3) is 1.61. The van der Waals surface area contributed by atoms with Crippen LogP contribution in [0.2, 0.25) is 0 Å². The number of nitrogens with zero attached hydrogens (tertiary/aromatic N) is 4. The van der Waals surface area contributed by atoms with Crippen molar-refractivity contribution < 1.29 is 0 Å². The molecule has 3 rings (SSSR count). The highest BCUT2D eigenvalue weighted by Gasteiger charge is 2.16. The fourth-order valence-electron chi connectivity index (χ4n) is 1.90. The fourth-order valence-corrected chi connectivity index (χ4v) is 2.22. The summed E-state index contributed by atoms with van der Waals surface area (Å²) in [7, 11) is 0. The van der Waals surface area contributed by atoms with Crippen LogP contribution in [0.15, 0.2) is 22.8 Å². The molecule has 5 heteroatoms. The van der Waals surface area contributed by atoms with Gasteiger partial charge in [-0.1, -0.05) is 15.9 Å². The van der Waals surface area contributed by atoms with Gasteiger partial charge in [0.25, 0.3) is 0 Å². The van der Waals surface area contributed by atoms with E-state index in [1.807, 2.05) is 22.8 Å². The summed E-state index contributed by atoms with van der Waals surface area (Å²) in [6.07, 6.45) is 4.42. The summed E-state index contributed by atoms with van der Waals surface area (Å²) in [5.41, 5.74) is 0.895. The molecule has 3 heterocycles. The minimum atomic E-state index is 0.852. The maximum absolute atomic E-state index is 4.50. The van der Waals surface area contributed by atoms with E-state index in [9.17, 15) is 0 Å². The van der Waals surface area contributed by atoms with Gasteiger partial charge in [0.15, 0.2) is 5.65 Å². The summed E-state index contributed by atoms with van der Waals surface area (Å²) >= 11 is 3.43. The Balaban J connectivity index is 2.05. The predicted octanol–water partition coefficient (Wildman–Crippen LogP) is 2.09. The lowest BCUT2D eigenvalue weighted by atomic mass is 10.4.